The number of rotatable bonds is 5. The second-order valence-electron chi connectivity index (χ2n) is 3.95. The molecule has 2 heterocycles. The normalized spacial score (nSPS) is 44.5. The average molecular weight is 239 g/mol. The third-order valence-corrected chi connectivity index (χ3v) is 5.73. The van der Waals surface area contributed by atoms with E-state index in [9.17, 15) is 4.57 Å². The minimum atomic E-state index is -2.69. The van der Waals surface area contributed by atoms with E-state index in [0.29, 0.717) is 24.6 Å². The first kappa shape index (κ1) is 10.9. The van der Waals surface area contributed by atoms with Crippen LogP contribution in [0.2, 0.25) is 0 Å². The Hall–Kier alpha value is 0.400. The van der Waals surface area contributed by atoms with Gasteiger partial charge in [-0.15, -0.1) is 11.6 Å². The molecule has 5 atom stereocenters. The molecule has 0 spiro atoms. The summed E-state index contributed by atoms with van der Waals surface area (Å²) in [6, 6.07) is 0.785. The standard InChI is InChI=1S/C8H16ClN2O2P/c1-7-5-10(7)14(12,13-4-3-9)11-6-8(11)2/h7-8H,3-6H2,1-2H3/t7-,8+,10?,11?,14?. The highest BCUT2D eigenvalue weighted by Gasteiger charge is 2.56. The zero-order valence-electron chi connectivity index (χ0n) is 8.52. The van der Waals surface area contributed by atoms with Crippen LogP contribution in [0.4, 0.5) is 0 Å². The first-order chi connectivity index (χ1) is 6.59. The van der Waals surface area contributed by atoms with Gasteiger partial charge in [0.2, 0.25) is 0 Å². The fraction of sp³-hybridized carbons (Fsp3) is 1.00. The van der Waals surface area contributed by atoms with Crippen molar-refractivity contribution in [1.29, 1.82) is 0 Å². The van der Waals surface area contributed by atoms with Crippen molar-refractivity contribution in [1.82, 2.24) is 9.34 Å². The molecule has 3 unspecified atom stereocenters. The molecule has 14 heavy (non-hydrogen) atoms. The Morgan fingerprint density at radius 3 is 2.07 bits per heavy atom. The molecule has 0 N–H and O–H groups in total. The molecule has 2 fully saturated rings. The summed E-state index contributed by atoms with van der Waals surface area (Å²) in [5.41, 5.74) is 0. The Kier molecular flexibility index (Phi) is 2.93. The highest BCUT2D eigenvalue weighted by molar-refractivity contribution is 7.54. The van der Waals surface area contributed by atoms with Gasteiger partial charge in [0.1, 0.15) is 0 Å². The number of halogens is 1. The minimum Gasteiger partial charge on any atom is -0.305 e. The predicted octanol–water partition coefficient (Wildman–Crippen LogP) is 1.76. The zero-order chi connectivity index (χ0) is 10.3. The summed E-state index contributed by atoms with van der Waals surface area (Å²) in [6.45, 7) is 6.24. The average Bonchev–Trinajstić information content (AvgIpc) is 3.01. The van der Waals surface area contributed by atoms with Crippen molar-refractivity contribution < 1.29 is 9.09 Å². The number of hydrogen-bond donors (Lipinski definition) is 0. The molecule has 6 heteroatoms. The Balaban J connectivity index is 2.01. The molecule has 2 saturated heterocycles. The summed E-state index contributed by atoms with van der Waals surface area (Å²) >= 11 is 5.55. The third-order valence-electron chi connectivity index (χ3n) is 2.64. The Morgan fingerprint density at radius 2 is 1.79 bits per heavy atom. The molecule has 0 aliphatic carbocycles. The molecule has 0 amide bonds. The second kappa shape index (κ2) is 3.76. The van der Waals surface area contributed by atoms with Crippen LogP contribution < -0.4 is 0 Å². The van der Waals surface area contributed by atoms with Crippen molar-refractivity contribution in [3.63, 3.8) is 0 Å². The van der Waals surface area contributed by atoms with Crippen molar-refractivity contribution in [2.45, 2.75) is 25.9 Å². The van der Waals surface area contributed by atoms with E-state index in [0.717, 1.165) is 13.1 Å². The lowest BCUT2D eigenvalue weighted by Crippen LogP contribution is -2.12. The Bertz CT molecular complexity index is 256. The van der Waals surface area contributed by atoms with Crippen molar-refractivity contribution in [3.8, 4) is 0 Å². The topological polar surface area (TPSA) is 32.3 Å². The zero-order valence-corrected chi connectivity index (χ0v) is 10.2. The largest absolute Gasteiger partial charge is 0.346 e. The molecule has 0 aromatic carbocycles. The van der Waals surface area contributed by atoms with E-state index in [1.165, 1.54) is 0 Å². The molecule has 82 valence electrons. The maximum atomic E-state index is 12.5. The van der Waals surface area contributed by atoms with Gasteiger partial charge in [-0.3, -0.25) is 4.57 Å². The van der Waals surface area contributed by atoms with Crippen LogP contribution in [-0.4, -0.2) is 47.0 Å². The summed E-state index contributed by atoms with van der Waals surface area (Å²) in [6.07, 6.45) is 0. The lowest BCUT2D eigenvalue weighted by atomic mass is 10.6. The van der Waals surface area contributed by atoms with Gasteiger partial charge in [-0.25, -0.2) is 9.34 Å². The summed E-state index contributed by atoms with van der Waals surface area (Å²) < 4.78 is 21.8. The van der Waals surface area contributed by atoms with Gasteiger partial charge in [0.15, 0.2) is 0 Å². The third kappa shape index (κ3) is 1.86. The number of alkyl halides is 1. The van der Waals surface area contributed by atoms with Crippen molar-refractivity contribution in [2.24, 2.45) is 0 Å². The predicted molar refractivity (Wildman–Crippen MR) is 56.6 cm³/mol. The van der Waals surface area contributed by atoms with Gasteiger partial charge in [0, 0.05) is 31.1 Å². The van der Waals surface area contributed by atoms with Crippen LogP contribution in [-0.2, 0) is 9.09 Å². The van der Waals surface area contributed by atoms with Crippen molar-refractivity contribution in [3.05, 3.63) is 0 Å². The van der Waals surface area contributed by atoms with Crippen LogP contribution >= 0.6 is 19.3 Å². The van der Waals surface area contributed by atoms with E-state index >= 15 is 0 Å². The molecule has 4 nitrogen and oxygen atoms in total. The van der Waals surface area contributed by atoms with Crippen LogP contribution in [0.15, 0.2) is 0 Å². The molecule has 0 aromatic heterocycles. The molecule has 2 rings (SSSR count). The van der Waals surface area contributed by atoms with E-state index in [4.69, 9.17) is 16.1 Å². The van der Waals surface area contributed by atoms with Gasteiger partial charge in [0.05, 0.1) is 6.61 Å². The first-order valence-corrected chi connectivity index (χ1v) is 7.01. The van der Waals surface area contributed by atoms with Gasteiger partial charge in [-0.05, 0) is 13.8 Å². The number of hydrogen-bond acceptors (Lipinski definition) is 2. The lowest BCUT2D eigenvalue weighted by molar-refractivity contribution is 0.285. The van der Waals surface area contributed by atoms with Crippen LogP contribution in [0.3, 0.4) is 0 Å². The van der Waals surface area contributed by atoms with Gasteiger partial charge < -0.3 is 4.52 Å². The summed E-state index contributed by atoms with van der Waals surface area (Å²) in [7, 11) is -2.69. The quantitative estimate of drug-likeness (QED) is 0.415. The van der Waals surface area contributed by atoms with Crippen LogP contribution in [0.25, 0.3) is 0 Å². The second-order valence-corrected chi connectivity index (χ2v) is 6.60. The van der Waals surface area contributed by atoms with Gasteiger partial charge in [-0.2, -0.15) is 0 Å². The number of nitrogens with zero attached hydrogens (tertiary/aromatic N) is 2. The summed E-state index contributed by atoms with van der Waals surface area (Å²) in [5, 5.41) is 0. The lowest BCUT2D eigenvalue weighted by Gasteiger charge is -2.20. The van der Waals surface area contributed by atoms with Gasteiger partial charge in [-0.1, -0.05) is 0 Å². The Morgan fingerprint density at radius 1 is 1.36 bits per heavy atom. The molecule has 0 radical (unpaired) electrons. The molecular formula is C8H16ClN2O2P. The molecule has 0 saturated carbocycles. The van der Waals surface area contributed by atoms with E-state index in [2.05, 4.69) is 13.8 Å². The maximum Gasteiger partial charge on any atom is 0.346 e. The van der Waals surface area contributed by atoms with E-state index in [1.807, 2.05) is 9.34 Å². The smallest absolute Gasteiger partial charge is 0.305 e. The van der Waals surface area contributed by atoms with Crippen LogP contribution in [0.1, 0.15) is 13.8 Å². The molecule has 2 aliphatic heterocycles. The molecule has 0 aromatic rings. The molecule has 2 aliphatic rings. The monoisotopic (exact) mass is 238 g/mol. The van der Waals surface area contributed by atoms with Gasteiger partial charge in [0.25, 0.3) is 0 Å². The molecular weight excluding hydrogens is 223 g/mol. The minimum absolute atomic E-state index is 0.366. The summed E-state index contributed by atoms with van der Waals surface area (Å²) in [5.74, 6) is 0.397. The maximum absolute atomic E-state index is 12.5. The highest BCUT2D eigenvalue weighted by atomic mass is 35.5. The van der Waals surface area contributed by atoms with E-state index in [-0.39, 0.29) is 0 Å². The fourth-order valence-corrected chi connectivity index (χ4v) is 4.59. The van der Waals surface area contributed by atoms with E-state index in [1.54, 1.807) is 0 Å². The summed E-state index contributed by atoms with van der Waals surface area (Å²) in [4.78, 5) is 0. The fourth-order valence-electron chi connectivity index (χ4n) is 1.60. The Labute approximate surface area is 89.7 Å². The van der Waals surface area contributed by atoms with Crippen LogP contribution in [0.5, 0.6) is 0 Å². The van der Waals surface area contributed by atoms with Crippen molar-refractivity contribution in [2.75, 3.05) is 25.6 Å². The van der Waals surface area contributed by atoms with Crippen molar-refractivity contribution >= 4 is 19.3 Å². The SMILES string of the molecule is C[C@@H]1CN1P(=O)(OCCCl)N1C[C@@H]1C. The van der Waals surface area contributed by atoms with E-state index < -0.39 is 7.67 Å². The van der Waals surface area contributed by atoms with Gasteiger partial charge >= 0.3 is 7.67 Å². The highest BCUT2D eigenvalue weighted by Crippen LogP contribution is 2.64. The molecule has 0 bridgehead atoms. The first-order valence-electron chi connectivity index (χ1n) is 4.94. The van der Waals surface area contributed by atoms with Crippen LogP contribution in [0, 0.1) is 0 Å².